The molecule has 110 valence electrons. The first-order chi connectivity index (χ1) is 9.38. The number of unbranched alkanes of at least 4 members (excludes halogenated alkanes) is 2. The molecule has 0 fully saturated rings. The van der Waals surface area contributed by atoms with Gasteiger partial charge in [0.25, 0.3) is 0 Å². The van der Waals surface area contributed by atoms with Crippen molar-refractivity contribution in [2.75, 3.05) is 0 Å². The van der Waals surface area contributed by atoms with Gasteiger partial charge in [-0.05, 0) is 45.7 Å². The van der Waals surface area contributed by atoms with Crippen LogP contribution in [-0.2, 0) is 9.53 Å². The predicted octanol–water partition coefficient (Wildman–Crippen LogP) is 3.56. The second kappa shape index (κ2) is 7.78. The summed E-state index contributed by atoms with van der Waals surface area (Å²) in [6, 6.07) is 5.32. The van der Waals surface area contributed by atoms with Crippen molar-refractivity contribution in [1.29, 1.82) is 0 Å². The minimum atomic E-state index is -0.425. The molecule has 1 aromatic heterocycles. The Bertz CT molecular complexity index is 435. The monoisotopic (exact) mass is 277 g/mol. The van der Waals surface area contributed by atoms with E-state index in [2.05, 4.69) is 4.98 Å². The fraction of sp³-hybridized carbons (Fsp3) is 0.562. The summed E-state index contributed by atoms with van der Waals surface area (Å²) in [4.78, 5) is 27.3. The molecule has 0 saturated heterocycles. The van der Waals surface area contributed by atoms with Gasteiger partial charge in [0.05, 0.1) is 0 Å². The van der Waals surface area contributed by atoms with E-state index in [4.69, 9.17) is 4.74 Å². The van der Waals surface area contributed by atoms with Crippen molar-refractivity contribution in [3.8, 4) is 0 Å². The van der Waals surface area contributed by atoms with E-state index in [1.807, 2.05) is 26.8 Å². The average Bonchev–Trinajstić information content (AvgIpc) is 2.37. The van der Waals surface area contributed by atoms with Crippen LogP contribution < -0.4 is 0 Å². The number of pyridine rings is 1. The van der Waals surface area contributed by atoms with Gasteiger partial charge in [-0.15, -0.1) is 0 Å². The fourth-order valence-electron chi connectivity index (χ4n) is 1.78. The molecule has 1 aromatic rings. The van der Waals surface area contributed by atoms with Crippen LogP contribution in [0.2, 0.25) is 0 Å². The van der Waals surface area contributed by atoms with Gasteiger partial charge < -0.3 is 4.74 Å². The van der Waals surface area contributed by atoms with Crippen molar-refractivity contribution in [2.45, 2.75) is 58.5 Å². The summed E-state index contributed by atoms with van der Waals surface area (Å²) >= 11 is 0. The molecule has 0 spiro atoms. The van der Waals surface area contributed by atoms with Gasteiger partial charge in [0.2, 0.25) is 0 Å². The SMILES string of the molecule is CC(C)(C)OC(=O)CCCCCC(=O)c1ccccn1. The lowest BCUT2D eigenvalue weighted by atomic mass is 10.1. The number of hydrogen-bond donors (Lipinski definition) is 0. The highest BCUT2D eigenvalue weighted by molar-refractivity contribution is 5.94. The van der Waals surface area contributed by atoms with Crippen molar-refractivity contribution in [2.24, 2.45) is 0 Å². The Labute approximate surface area is 120 Å². The summed E-state index contributed by atoms with van der Waals surface area (Å²) in [5.41, 5.74) is 0.0890. The van der Waals surface area contributed by atoms with Crippen LogP contribution in [0.3, 0.4) is 0 Å². The zero-order valence-electron chi connectivity index (χ0n) is 12.5. The summed E-state index contributed by atoms with van der Waals surface area (Å²) in [6.07, 6.45) is 4.89. The molecular formula is C16H23NO3. The van der Waals surface area contributed by atoms with Crippen LogP contribution in [0, 0.1) is 0 Å². The highest BCUT2D eigenvalue weighted by Crippen LogP contribution is 2.12. The Morgan fingerprint density at radius 2 is 1.80 bits per heavy atom. The third-order valence-corrected chi connectivity index (χ3v) is 2.66. The molecule has 0 N–H and O–H groups in total. The second-order valence-corrected chi connectivity index (χ2v) is 5.79. The number of ether oxygens (including phenoxy) is 1. The minimum Gasteiger partial charge on any atom is -0.460 e. The number of carbonyl (C=O) groups excluding carboxylic acids is 2. The van der Waals surface area contributed by atoms with Gasteiger partial charge in [0.1, 0.15) is 11.3 Å². The van der Waals surface area contributed by atoms with Crippen molar-refractivity contribution < 1.29 is 14.3 Å². The molecule has 0 bridgehead atoms. The van der Waals surface area contributed by atoms with Gasteiger partial charge in [-0.3, -0.25) is 14.6 Å². The summed E-state index contributed by atoms with van der Waals surface area (Å²) in [5, 5.41) is 0. The molecule has 0 aliphatic rings. The van der Waals surface area contributed by atoms with Crippen LogP contribution in [0.4, 0.5) is 0 Å². The van der Waals surface area contributed by atoms with Crippen LogP contribution in [-0.4, -0.2) is 22.3 Å². The first-order valence-electron chi connectivity index (χ1n) is 7.04. The molecule has 4 nitrogen and oxygen atoms in total. The van der Waals surface area contributed by atoms with E-state index < -0.39 is 5.60 Å². The summed E-state index contributed by atoms with van der Waals surface area (Å²) in [6.45, 7) is 5.57. The van der Waals surface area contributed by atoms with E-state index in [-0.39, 0.29) is 11.8 Å². The molecule has 0 unspecified atom stereocenters. The van der Waals surface area contributed by atoms with Gasteiger partial charge in [-0.25, -0.2) is 0 Å². The van der Waals surface area contributed by atoms with Gasteiger partial charge in [0, 0.05) is 19.0 Å². The molecule has 0 aromatic carbocycles. The Morgan fingerprint density at radius 3 is 2.40 bits per heavy atom. The van der Waals surface area contributed by atoms with E-state index in [0.29, 0.717) is 18.5 Å². The van der Waals surface area contributed by atoms with Crippen molar-refractivity contribution in [3.05, 3.63) is 30.1 Å². The number of esters is 1. The largest absolute Gasteiger partial charge is 0.460 e. The average molecular weight is 277 g/mol. The Kier molecular flexibility index (Phi) is 6.36. The topological polar surface area (TPSA) is 56.3 Å². The standard InChI is InChI=1S/C16H23NO3/c1-16(2,3)20-15(19)11-6-4-5-10-14(18)13-9-7-8-12-17-13/h7-9,12H,4-6,10-11H2,1-3H3. The molecule has 1 rings (SSSR count). The number of hydrogen-bond acceptors (Lipinski definition) is 4. The maximum absolute atomic E-state index is 11.8. The minimum absolute atomic E-state index is 0.0582. The number of aromatic nitrogens is 1. The number of rotatable bonds is 7. The second-order valence-electron chi connectivity index (χ2n) is 5.79. The van der Waals surface area contributed by atoms with E-state index in [9.17, 15) is 9.59 Å². The third kappa shape index (κ3) is 7.02. The summed E-state index contributed by atoms with van der Waals surface area (Å²) < 4.78 is 5.22. The quantitative estimate of drug-likeness (QED) is 0.434. The van der Waals surface area contributed by atoms with Gasteiger partial charge in [0.15, 0.2) is 5.78 Å². The highest BCUT2D eigenvalue weighted by atomic mass is 16.6. The van der Waals surface area contributed by atoms with Gasteiger partial charge >= 0.3 is 5.97 Å². The maximum atomic E-state index is 11.8. The summed E-state index contributed by atoms with van der Waals surface area (Å²) in [5.74, 6) is -0.114. The van der Waals surface area contributed by atoms with Crippen molar-refractivity contribution in [1.82, 2.24) is 4.98 Å². The number of ketones is 1. The highest BCUT2D eigenvalue weighted by Gasteiger charge is 2.15. The molecule has 0 atom stereocenters. The van der Waals surface area contributed by atoms with Gasteiger partial charge in [-0.2, -0.15) is 0 Å². The maximum Gasteiger partial charge on any atom is 0.306 e. The Morgan fingerprint density at radius 1 is 1.10 bits per heavy atom. The van der Waals surface area contributed by atoms with E-state index in [1.165, 1.54) is 0 Å². The molecule has 0 saturated carbocycles. The van der Waals surface area contributed by atoms with Crippen molar-refractivity contribution >= 4 is 11.8 Å². The molecular weight excluding hydrogens is 254 g/mol. The van der Waals surface area contributed by atoms with Crippen LogP contribution in [0.15, 0.2) is 24.4 Å². The zero-order valence-corrected chi connectivity index (χ0v) is 12.5. The van der Waals surface area contributed by atoms with E-state index in [0.717, 1.165) is 19.3 Å². The third-order valence-electron chi connectivity index (χ3n) is 2.66. The molecule has 0 amide bonds. The molecule has 1 heterocycles. The zero-order chi connectivity index (χ0) is 15.0. The van der Waals surface area contributed by atoms with Crippen LogP contribution in [0.25, 0.3) is 0 Å². The number of carbonyl (C=O) groups is 2. The van der Waals surface area contributed by atoms with Crippen LogP contribution >= 0.6 is 0 Å². The Hall–Kier alpha value is -1.71. The molecule has 0 aliphatic carbocycles. The molecule has 4 heteroatoms. The van der Waals surface area contributed by atoms with E-state index in [1.54, 1.807) is 18.3 Å². The molecule has 20 heavy (non-hydrogen) atoms. The fourth-order valence-corrected chi connectivity index (χ4v) is 1.78. The van der Waals surface area contributed by atoms with Crippen molar-refractivity contribution in [3.63, 3.8) is 0 Å². The smallest absolute Gasteiger partial charge is 0.306 e. The lowest BCUT2D eigenvalue weighted by molar-refractivity contribution is -0.154. The first kappa shape index (κ1) is 16.3. The van der Waals surface area contributed by atoms with E-state index >= 15 is 0 Å². The van der Waals surface area contributed by atoms with Gasteiger partial charge in [-0.1, -0.05) is 12.5 Å². The lowest BCUT2D eigenvalue weighted by Crippen LogP contribution is -2.23. The number of nitrogens with zero attached hydrogens (tertiary/aromatic N) is 1. The lowest BCUT2D eigenvalue weighted by Gasteiger charge is -2.19. The number of Topliss-reactive ketones (excluding diaryl/α,β-unsaturated/α-hetero) is 1. The van der Waals surface area contributed by atoms with Crippen LogP contribution in [0.5, 0.6) is 0 Å². The molecule has 0 aliphatic heterocycles. The molecule has 0 radical (unpaired) electrons. The summed E-state index contributed by atoms with van der Waals surface area (Å²) in [7, 11) is 0. The normalized spacial score (nSPS) is 11.2. The Balaban J connectivity index is 2.14. The predicted molar refractivity (Wildman–Crippen MR) is 77.5 cm³/mol. The van der Waals surface area contributed by atoms with Crippen LogP contribution in [0.1, 0.15) is 63.4 Å². The first-order valence-corrected chi connectivity index (χ1v) is 7.04.